The van der Waals surface area contributed by atoms with Crippen molar-refractivity contribution in [2.45, 2.75) is 39.8 Å². The number of hydrogen-bond donors (Lipinski definition) is 3. The van der Waals surface area contributed by atoms with Crippen molar-refractivity contribution in [3.63, 3.8) is 0 Å². The number of nitrogens with one attached hydrogen (secondary N) is 3. The summed E-state index contributed by atoms with van der Waals surface area (Å²) in [6.07, 6.45) is 2.08. The summed E-state index contributed by atoms with van der Waals surface area (Å²) in [6.45, 7) is 6.28. The molecule has 1 amide bonds. The third kappa shape index (κ3) is 8.29. The Balaban J connectivity index is 0.00000392. The molecule has 0 radical (unpaired) electrons. The summed E-state index contributed by atoms with van der Waals surface area (Å²) < 4.78 is 0. The Morgan fingerprint density at radius 2 is 1.64 bits per heavy atom. The zero-order chi connectivity index (χ0) is 19.5. The topological polar surface area (TPSA) is 65.5 Å². The number of hydrogen-bond acceptors (Lipinski definition) is 2. The number of carbonyl (C=O) groups excluding carboxylic acids is 1. The monoisotopic (exact) mass is 494 g/mol. The number of aliphatic imine (C=N–C) groups is 1. The van der Waals surface area contributed by atoms with Gasteiger partial charge in [0.05, 0.1) is 0 Å². The van der Waals surface area contributed by atoms with Gasteiger partial charge in [0.2, 0.25) is 0 Å². The Bertz CT molecular complexity index is 759. The van der Waals surface area contributed by atoms with Gasteiger partial charge in [-0.3, -0.25) is 9.79 Å². The lowest BCUT2D eigenvalue weighted by molar-refractivity contribution is 0.0953. The molecule has 0 heterocycles. The molecule has 0 aliphatic rings. The number of carbonyl (C=O) groups is 1. The van der Waals surface area contributed by atoms with E-state index in [4.69, 9.17) is 0 Å². The number of unbranched alkanes of at least 4 members (excludes halogenated alkanes) is 1. The van der Waals surface area contributed by atoms with Gasteiger partial charge in [-0.25, -0.2) is 0 Å². The van der Waals surface area contributed by atoms with Gasteiger partial charge in [-0.15, -0.1) is 24.0 Å². The Hall–Kier alpha value is -2.09. The van der Waals surface area contributed by atoms with Gasteiger partial charge in [0.25, 0.3) is 5.91 Å². The second-order valence-corrected chi connectivity index (χ2v) is 6.57. The number of amides is 1. The molecule has 0 aliphatic heterocycles. The molecule has 0 spiro atoms. The Labute approximate surface area is 185 Å². The molecule has 0 atom stereocenters. The quantitative estimate of drug-likeness (QED) is 0.225. The van der Waals surface area contributed by atoms with Gasteiger partial charge >= 0.3 is 0 Å². The van der Waals surface area contributed by atoms with Crippen LogP contribution in [-0.4, -0.2) is 25.5 Å². The van der Waals surface area contributed by atoms with Crippen LogP contribution in [0.15, 0.2) is 53.5 Å². The molecule has 0 unspecified atom stereocenters. The SMILES string of the molecule is CCCCNC(=O)c1ccc(CNC(=NC)NCc2cccc(C)c2)cc1.I. The maximum atomic E-state index is 12.0. The summed E-state index contributed by atoms with van der Waals surface area (Å²) in [7, 11) is 1.76. The molecule has 0 aromatic heterocycles. The summed E-state index contributed by atoms with van der Waals surface area (Å²) in [6, 6.07) is 16.1. The molecule has 2 rings (SSSR count). The minimum atomic E-state index is -0.0152. The highest BCUT2D eigenvalue weighted by atomic mass is 127. The van der Waals surface area contributed by atoms with Crippen LogP contribution >= 0.6 is 24.0 Å². The van der Waals surface area contributed by atoms with Gasteiger partial charge in [-0.05, 0) is 36.6 Å². The van der Waals surface area contributed by atoms with E-state index in [2.05, 4.69) is 59.1 Å². The van der Waals surface area contributed by atoms with Crippen LogP contribution in [0.1, 0.15) is 46.8 Å². The third-order valence-corrected chi connectivity index (χ3v) is 4.26. The maximum Gasteiger partial charge on any atom is 0.251 e. The molecule has 2 aromatic rings. The minimum Gasteiger partial charge on any atom is -0.352 e. The van der Waals surface area contributed by atoms with Crippen molar-refractivity contribution in [3.05, 3.63) is 70.8 Å². The van der Waals surface area contributed by atoms with Crippen LogP contribution in [0, 0.1) is 6.92 Å². The van der Waals surface area contributed by atoms with Gasteiger partial charge in [-0.2, -0.15) is 0 Å². The highest BCUT2D eigenvalue weighted by Crippen LogP contribution is 2.05. The van der Waals surface area contributed by atoms with Crippen LogP contribution in [0.3, 0.4) is 0 Å². The average molecular weight is 494 g/mol. The van der Waals surface area contributed by atoms with Gasteiger partial charge < -0.3 is 16.0 Å². The van der Waals surface area contributed by atoms with Crippen molar-refractivity contribution in [1.82, 2.24) is 16.0 Å². The van der Waals surface area contributed by atoms with E-state index in [1.807, 2.05) is 24.3 Å². The second-order valence-electron chi connectivity index (χ2n) is 6.57. The zero-order valence-corrected chi connectivity index (χ0v) is 19.2. The van der Waals surface area contributed by atoms with E-state index in [0.717, 1.165) is 37.5 Å². The second kappa shape index (κ2) is 13.1. The molecule has 0 saturated carbocycles. The average Bonchev–Trinajstić information content (AvgIpc) is 2.69. The largest absolute Gasteiger partial charge is 0.352 e. The van der Waals surface area contributed by atoms with Crippen molar-refractivity contribution >= 4 is 35.8 Å². The predicted octanol–water partition coefficient (Wildman–Crippen LogP) is 4.01. The fraction of sp³-hybridized carbons (Fsp3) is 0.364. The first-order chi connectivity index (χ1) is 13.1. The van der Waals surface area contributed by atoms with Crippen LogP contribution in [0.2, 0.25) is 0 Å². The van der Waals surface area contributed by atoms with Gasteiger partial charge in [-0.1, -0.05) is 55.3 Å². The summed E-state index contributed by atoms with van der Waals surface area (Å²) in [4.78, 5) is 16.3. The fourth-order valence-corrected chi connectivity index (χ4v) is 2.67. The summed E-state index contributed by atoms with van der Waals surface area (Å²) in [5.74, 6) is 0.733. The van der Waals surface area contributed by atoms with Crippen molar-refractivity contribution in [1.29, 1.82) is 0 Å². The molecule has 0 bridgehead atoms. The molecule has 0 aliphatic carbocycles. The van der Waals surface area contributed by atoms with Crippen molar-refractivity contribution in [3.8, 4) is 0 Å². The molecule has 0 fully saturated rings. The van der Waals surface area contributed by atoms with Gasteiger partial charge in [0.1, 0.15) is 0 Å². The van der Waals surface area contributed by atoms with Crippen LogP contribution in [-0.2, 0) is 13.1 Å². The number of rotatable bonds is 8. The lowest BCUT2D eigenvalue weighted by Gasteiger charge is -2.12. The fourth-order valence-electron chi connectivity index (χ4n) is 2.67. The van der Waals surface area contributed by atoms with E-state index in [-0.39, 0.29) is 29.9 Å². The third-order valence-electron chi connectivity index (χ3n) is 4.26. The number of benzene rings is 2. The first kappa shape index (κ1) is 23.9. The molecule has 0 saturated heterocycles. The number of guanidine groups is 1. The molecule has 6 heteroatoms. The first-order valence-corrected chi connectivity index (χ1v) is 9.49. The number of nitrogens with zero attached hydrogens (tertiary/aromatic N) is 1. The highest BCUT2D eigenvalue weighted by molar-refractivity contribution is 14.0. The Kier molecular flexibility index (Phi) is 11.2. The lowest BCUT2D eigenvalue weighted by atomic mass is 10.1. The molecular formula is C22H31IN4O. The van der Waals surface area contributed by atoms with Gasteiger partial charge in [0, 0.05) is 32.2 Å². The number of aryl methyl sites for hydroxylation is 1. The summed E-state index contributed by atoms with van der Waals surface area (Å²) >= 11 is 0. The van der Waals surface area contributed by atoms with E-state index in [1.54, 1.807) is 7.05 Å². The lowest BCUT2D eigenvalue weighted by Crippen LogP contribution is -2.36. The Morgan fingerprint density at radius 3 is 2.25 bits per heavy atom. The molecule has 2 aromatic carbocycles. The van der Waals surface area contributed by atoms with Crippen molar-refractivity contribution < 1.29 is 4.79 Å². The standard InChI is InChI=1S/C22H30N4O.HI/c1-4-5-13-24-21(27)20-11-9-18(10-12-20)15-25-22(23-3)26-16-19-8-6-7-17(2)14-19;/h6-12,14H,4-5,13,15-16H2,1-3H3,(H,24,27)(H2,23,25,26);1H. The van der Waals surface area contributed by atoms with Gasteiger partial charge in [0.15, 0.2) is 5.96 Å². The summed E-state index contributed by atoms with van der Waals surface area (Å²) in [5.41, 5.74) is 4.25. The summed E-state index contributed by atoms with van der Waals surface area (Å²) in [5, 5.41) is 9.55. The molecule has 5 nitrogen and oxygen atoms in total. The van der Waals surface area contributed by atoms with Crippen molar-refractivity contribution in [2.24, 2.45) is 4.99 Å². The molecule has 3 N–H and O–H groups in total. The number of halogens is 1. The van der Waals surface area contributed by atoms with Crippen LogP contribution in [0.25, 0.3) is 0 Å². The molecule has 152 valence electrons. The normalized spacial score (nSPS) is 10.8. The first-order valence-electron chi connectivity index (χ1n) is 9.49. The minimum absolute atomic E-state index is 0. The maximum absolute atomic E-state index is 12.0. The van der Waals surface area contributed by atoms with Crippen LogP contribution < -0.4 is 16.0 Å². The van der Waals surface area contributed by atoms with E-state index in [9.17, 15) is 4.79 Å². The smallest absolute Gasteiger partial charge is 0.251 e. The highest BCUT2D eigenvalue weighted by Gasteiger charge is 2.05. The molecular weight excluding hydrogens is 463 g/mol. The Morgan fingerprint density at radius 1 is 0.964 bits per heavy atom. The van der Waals surface area contributed by atoms with Crippen LogP contribution in [0.4, 0.5) is 0 Å². The van der Waals surface area contributed by atoms with E-state index >= 15 is 0 Å². The van der Waals surface area contributed by atoms with E-state index in [1.165, 1.54) is 11.1 Å². The predicted molar refractivity (Wildman–Crippen MR) is 127 cm³/mol. The van der Waals surface area contributed by atoms with Crippen molar-refractivity contribution in [2.75, 3.05) is 13.6 Å². The zero-order valence-electron chi connectivity index (χ0n) is 16.9. The van der Waals surface area contributed by atoms with E-state index in [0.29, 0.717) is 12.1 Å². The molecule has 28 heavy (non-hydrogen) atoms. The van der Waals surface area contributed by atoms with E-state index < -0.39 is 0 Å². The van der Waals surface area contributed by atoms with Crippen LogP contribution in [0.5, 0.6) is 0 Å².